The van der Waals surface area contributed by atoms with Gasteiger partial charge in [-0.15, -0.1) is 0 Å². The summed E-state index contributed by atoms with van der Waals surface area (Å²) in [4.78, 5) is 0.292. The van der Waals surface area contributed by atoms with Crippen LogP contribution in [0.15, 0.2) is 23.1 Å². The lowest BCUT2D eigenvalue weighted by Gasteiger charge is -2.35. The van der Waals surface area contributed by atoms with Crippen LogP contribution < -0.4 is 10.5 Å². The quantitative estimate of drug-likeness (QED) is 0.842. The van der Waals surface area contributed by atoms with Crippen LogP contribution in [0.2, 0.25) is 0 Å². The maximum atomic E-state index is 12.5. The molecular formula is C15H24N2O2S. The third-order valence-corrected chi connectivity index (χ3v) is 5.81. The molecule has 1 atom stereocenters. The van der Waals surface area contributed by atoms with Gasteiger partial charge >= 0.3 is 0 Å². The predicted molar refractivity (Wildman–Crippen MR) is 81.9 cm³/mol. The summed E-state index contributed by atoms with van der Waals surface area (Å²) < 4.78 is 27.9. The number of anilines is 1. The molecule has 0 aromatic heterocycles. The summed E-state index contributed by atoms with van der Waals surface area (Å²) in [6.45, 7) is 6.13. The Balaban J connectivity index is 2.21. The van der Waals surface area contributed by atoms with Gasteiger partial charge < -0.3 is 5.73 Å². The van der Waals surface area contributed by atoms with Crippen molar-refractivity contribution < 1.29 is 8.42 Å². The normalized spacial score (nSPS) is 22.6. The van der Waals surface area contributed by atoms with Crippen molar-refractivity contribution in [3.63, 3.8) is 0 Å². The topological polar surface area (TPSA) is 72.2 Å². The van der Waals surface area contributed by atoms with Gasteiger partial charge in [0, 0.05) is 11.7 Å². The summed E-state index contributed by atoms with van der Waals surface area (Å²) in [5.41, 5.74) is 7.14. The van der Waals surface area contributed by atoms with Crippen LogP contribution in [0.1, 0.15) is 45.1 Å². The van der Waals surface area contributed by atoms with E-state index in [9.17, 15) is 8.42 Å². The van der Waals surface area contributed by atoms with Crippen LogP contribution in [0.3, 0.4) is 0 Å². The van der Waals surface area contributed by atoms with Gasteiger partial charge in [-0.2, -0.15) is 0 Å². The molecule has 1 aromatic rings. The van der Waals surface area contributed by atoms with Gasteiger partial charge in [-0.05, 0) is 49.3 Å². The zero-order chi connectivity index (χ0) is 15.0. The van der Waals surface area contributed by atoms with E-state index in [0.717, 1.165) is 25.7 Å². The second kappa shape index (κ2) is 5.37. The monoisotopic (exact) mass is 296 g/mol. The highest BCUT2D eigenvalue weighted by Crippen LogP contribution is 2.35. The Morgan fingerprint density at radius 3 is 2.70 bits per heavy atom. The lowest BCUT2D eigenvalue weighted by atomic mass is 9.75. The minimum absolute atomic E-state index is 0.0181. The maximum absolute atomic E-state index is 12.5. The molecule has 4 nitrogen and oxygen atoms in total. The second-order valence-corrected chi connectivity index (χ2v) is 8.23. The summed E-state index contributed by atoms with van der Waals surface area (Å²) in [5, 5.41) is 0. The van der Waals surface area contributed by atoms with E-state index in [1.165, 1.54) is 0 Å². The Hall–Kier alpha value is -1.07. The summed E-state index contributed by atoms with van der Waals surface area (Å²) >= 11 is 0. The largest absolute Gasteiger partial charge is 0.398 e. The molecule has 0 spiro atoms. The summed E-state index contributed by atoms with van der Waals surface area (Å²) in [6.07, 6.45) is 4.01. The number of hydrogen-bond acceptors (Lipinski definition) is 3. The van der Waals surface area contributed by atoms with Crippen LogP contribution in [0, 0.1) is 12.3 Å². The van der Waals surface area contributed by atoms with Gasteiger partial charge in [0.05, 0.1) is 4.90 Å². The molecule has 2 rings (SSSR count). The van der Waals surface area contributed by atoms with Crippen LogP contribution in [0.4, 0.5) is 5.69 Å². The molecule has 1 aliphatic rings. The zero-order valence-corrected chi connectivity index (χ0v) is 13.3. The van der Waals surface area contributed by atoms with Crippen molar-refractivity contribution in [2.45, 2.75) is 57.4 Å². The van der Waals surface area contributed by atoms with Crippen LogP contribution in [-0.2, 0) is 10.0 Å². The number of nitrogens with one attached hydrogen (secondary N) is 1. The molecule has 1 aliphatic carbocycles. The van der Waals surface area contributed by atoms with Crippen molar-refractivity contribution in [2.24, 2.45) is 5.41 Å². The Morgan fingerprint density at radius 1 is 1.35 bits per heavy atom. The molecule has 0 aliphatic heterocycles. The third kappa shape index (κ3) is 3.33. The average molecular weight is 296 g/mol. The summed E-state index contributed by atoms with van der Waals surface area (Å²) in [7, 11) is -3.49. The Bertz CT molecular complexity index is 594. The highest BCUT2D eigenvalue weighted by Gasteiger charge is 2.31. The van der Waals surface area contributed by atoms with Crippen molar-refractivity contribution in [1.82, 2.24) is 4.72 Å². The van der Waals surface area contributed by atoms with Gasteiger partial charge in [-0.1, -0.05) is 26.3 Å². The highest BCUT2D eigenvalue weighted by atomic mass is 32.2. The first kappa shape index (κ1) is 15.3. The van der Waals surface area contributed by atoms with E-state index in [2.05, 4.69) is 18.6 Å². The van der Waals surface area contributed by atoms with E-state index in [1.54, 1.807) is 25.1 Å². The lowest BCUT2D eigenvalue weighted by molar-refractivity contribution is 0.212. The van der Waals surface area contributed by atoms with Crippen LogP contribution >= 0.6 is 0 Å². The average Bonchev–Trinajstić information content (AvgIpc) is 2.30. The summed E-state index contributed by atoms with van der Waals surface area (Å²) in [6, 6.07) is 5.03. The van der Waals surface area contributed by atoms with Gasteiger partial charge in [0.15, 0.2) is 0 Å². The summed E-state index contributed by atoms with van der Waals surface area (Å²) in [5.74, 6) is 0. The first-order valence-electron chi connectivity index (χ1n) is 7.09. The van der Waals surface area contributed by atoms with Gasteiger partial charge in [-0.3, -0.25) is 0 Å². The molecule has 0 heterocycles. The first-order chi connectivity index (χ1) is 9.21. The van der Waals surface area contributed by atoms with Crippen molar-refractivity contribution in [2.75, 3.05) is 5.73 Å². The number of benzene rings is 1. The molecule has 20 heavy (non-hydrogen) atoms. The molecule has 0 bridgehead atoms. The molecule has 112 valence electrons. The molecular weight excluding hydrogens is 272 g/mol. The van der Waals surface area contributed by atoms with Crippen LogP contribution in [-0.4, -0.2) is 14.5 Å². The predicted octanol–water partition coefficient (Wildman–Crippen LogP) is 2.82. The third-order valence-electron chi connectivity index (χ3n) is 4.14. The molecule has 3 N–H and O–H groups in total. The van der Waals surface area contributed by atoms with E-state index < -0.39 is 10.0 Å². The van der Waals surface area contributed by atoms with Gasteiger partial charge in [0.2, 0.25) is 10.0 Å². The molecule has 1 fully saturated rings. The van der Waals surface area contributed by atoms with Crippen LogP contribution in [0.5, 0.6) is 0 Å². The van der Waals surface area contributed by atoms with Crippen molar-refractivity contribution in [3.05, 3.63) is 23.8 Å². The van der Waals surface area contributed by atoms with Crippen molar-refractivity contribution >= 4 is 15.7 Å². The van der Waals surface area contributed by atoms with Gasteiger partial charge in [-0.25, -0.2) is 13.1 Å². The smallest absolute Gasteiger partial charge is 0.241 e. The zero-order valence-electron chi connectivity index (χ0n) is 12.4. The first-order valence-corrected chi connectivity index (χ1v) is 8.57. The number of nitrogens with two attached hydrogens (primary N) is 1. The molecule has 0 amide bonds. The Morgan fingerprint density at radius 2 is 2.05 bits per heavy atom. The van der Waals surface area contributed by atoms with Gasteiger partial charge in [0.1, 0.15) is 0 Å². The lowest BCUT2D eigenvalue weighted by Crippen LogP contribution is -2.40. The standard InChI is InChI=1S/C15H24N2O2S/c1-11-13(16)7-4-8-14(11)20(18,19)17-12-6-5-9-15(2,3)10-12/h4,7-8,12,17H,5-6,9-10,16H2,1-3H3. The SMILES string of the molecule is Cc1c(N)cccc1S(=O)(=O)NC1CCCC(C)(C)C1. The molecule has 1 unspecified atom stereocenters. The molecule has 0 radical (unpaired) electrons. The second-order valence-electron chi connectivity index (χ2n) is 6.55. The van der Waals surface area contributed by atoms with Crippen molar-refractivity contribution in [3.8, 4) is 0 Å². The van der Waals surface area contributed by atoms with Gasteiger partial charge in [0.25, 0.3) is 0 Å². The molecule has 5 heteroatoms. The van der Waals surface area contributed by atoms with Crippen LogP contribution in [0.25, 0.3) is 0 Å². The molecule has 1 saturated carbocycles. The van der Waals surface area contributed by atoms with E-state index in [0.29, 0.717) is 16.1 Å². The van der Waals surface area contributed by atoms with E-state index >= 15 is 0 Å². The fraction of sp³-hybridized carbons (Fsp3) is 0.600. The minimum atomic E-state index is -3.49. The highest BCUT2D eigenvalue weighted by molar-refractivity contribution is 7.89. The van der Waals surface area contributed by atoms with E-state index in [-0.39, 0.29) is 11.5 Å². The Kier molecular flexibility index (Phi) is 4.12. The fourth-order valence-electron chi connectivity index (χ4n) is 3.00. The van der Waals surface area contributed by atoms with Crippen molar-refractivity contribution in [1.29, 1.82) is 0 Å². The maximum Gasteiger partial charge on any atom is 0.241 e. The fourth-order valence-corrected chi connectivity index (χ4v) is 4.55. The Labute approximate surface area is 121 Å². The minimum Gasteiger partial charge on any atom is -0.398 e. The number of hydrogen-bond donors (Lipinski definition) is 2. The number of sulfonamides is 1. The molecule has 0 saturated heterocycles. The van der Waals surface area contributed by atoms with E-state index in [4.69, 9.17) is 5.73 Å². The van der Waals surface area contributed by atoms with E-state index in [1.807, 2.05) is 0 Å². The number of rotatable bonds is 3. The number of nitrogen functional groups attached to an aromatic ring is 1. The molecule has 1 aromatic carbocycles.